The highest BCUT2D eigenvalue weighted by Crippen LogP contribution is 2.32. The zero-order valence-electron chi connectivity index (χ0n) is 19.2. The van der Waals surface area contributed by atoms with Gasteiger partial charge in [0.25, 0.3) is 15.6 Å². The van der Waals surface area contributed by atoms with Crippen LogP contribution in [0.2, 0.25) is 0 Å². The lowest BCUT2D eigenvalue weighted by molar-refractivity contribution is 0.193. The van der Waals surface area contributed by atoms with Crippen molar-refractivity contribution in [2.75, 3.05) is 0 Å². The van der Waals surface area contributed by atoms with E-state index in [1.165, 1.54) is 23.4 Å². The minimum absolute atomic E-state index is 0.201. The maximum absolute atomic E-state index is 12.2. The molecule has 1 saturated heterocycles. The van der Waals surface area contributed by atoms with Crippen molar-refractivity contribution in [3.05, 3.63) is 132 Å². The van der Waals surface area contributed by atoms with Gasteiger partial charge in [-0.15, -0.1) is 5.06 Å². The topological polar surface area (TPSA) is 96.2 Å². The van der Waals surface area contributed by atoms with Gasteiger partial charge in [-0.3, -0.25) is 4.84 Å². The van der Waals surface area contributed by atoms with Crippen LogP contribution in [-0.4, -0.2) is 33.7 Å². The molecule has 2 unspecified atom stereocenters. The molecule has 0 N–H and O–H groups in total. The smallest absolute Gasteiger partial charge is 0.257 e. The SMILES string of the molecule is O=S(=O)(N=Cc1ccccc1)c1ccccc1.O=S(=O)(c1ccccc1)C1ON1Cc1ccccc1. The van der Waals surface area contributed by atoms with Crippen molar-refractivity contribution in [3.63, 3.8) is 0 Å². The monoisotopic (exact) mass is 520 g/mol. The molecule has 0 aliphatic carbocycles. The Morgan fingerprint density at radius 2 is 1.14 bits per heavy atom. The van der Waals surface area contributed by atoms with Crippen molar-refractivity contribution < 1.29 is 21.7 Å². The summed E-state index contributed by atoms with van der Waals surface area (Å²) >= 11 is 0. The Hall–Kier alpha value is -3.63. The van der Waals surface area contributed by atoms with Gasteiger partial charge >= 0.3 is 0 Å². The number of sulfonamides is 1. The summed E-state index contributed by atoms with van der Waals surface area (Å²) in [4.78, 5) is 5.67. The molecular formula is C27H24N2O5S2. The second-order valence-corrected chi connectivity index (χ2v) is 11.4. The quantitative estimate of drug-likeness (QED) is 0.259. The maximum atomic E-state index is 12.2. The summed E-state index contributed by atoms with van der Waals surface area (Å²) in [5, 5.41) is 1.47. The molecule has 5 rings (SSSR count). The summed E-state index contributed by atoms with van der Waals surface area (Å²) in [7, 11) is -7.02. The number of hydrogen-bond acceptors (Lipinski definition) is 6. The average molecular weight is 521 g/mol. The molecule has 7 nitrogen and oxygen atoms in total. The van der Waals surface area contributed by atoms with E-state index in [1.54, 1.807) is 60.7 Å². The lowest BCUT2D eigenvalue weighted by Crippen LogP contribution is -2.14. The highest BCUT2D eigenvalue weighted by atomic mass is 32.2. The zero-order chi connectivity index (χ0) is 25.4. The largest absolute Gasteiger partial charge is 0.282 e. The molecule has 0 bridgehead atoms. The van der Waals surface area contributed by atoms with E-state index in [9.17, 15) is 16.8 Å². The minimum Gasteiger partial charge on any atom is -0.257 e. The van der Waals surface area contributed by atoms with Crippen molar-refractivity contribution in [1.82, 2.24) is 5.06 Å². The molecule has 1 aliphatic heterocycles. The van der Waals surface area contributed by atoms with Crippen LogP contribution in [0.1, 0.15) is 11.1 Å². The molecule has 1 heterocycles. The van der Waals surface area contributed by atoms with Gasteiger partial charge in [-0.05, 0) is 35.4 Å². The molecule has 2 atom stereocenters. The Balaban J connectivity index is 0.000000170. The van der Waals surface area contributed by atoms with Gasteiger partial charge in [0.05, 0.1) is 16.3 Å². The fourth-order valence-corrected chi connectivity index (χ4v) is 5.49. The first-order chi connectivity index (χ1) is 17.4. The van der Waals surface area contributed by atoms with Crippen LogP contribution in [0.5, 0.6) is 0 Å². The van der Waals surface area contributed by atoms with Gasteiger partial charge in [-0.2, -0.15) is 12.8 Å². The molecule has 0 saturated carbocycles. The Morgan fingerprint density at radius 3 is 1.69 bits per heavy atom. The first kappa shape index (κ1) is 25.5. The van der Waals surface area contributed by atoms with Crippen molar-refractivity contribution in [1.29, 1.82) is 0 Å². The summed E-state index contributed by atoms with van der Waals surface area (Å²) in [5.41, 5.74) is 0.912. The van der Waals surface area contributed by atoms with Crippen LogP contribution in [0.15, 0.2) is 136 Å². The normalized spacial score (nSPS) is 17.2. The Kier molecular flexibility index (Phi) is 8.07. The molecule has 36 heavy (non-hydrogen) atoms. The number of sulfone groups is 1. The molecule has 4 aromatic carbocycles. The molecule has 1 aliphatic rings. The van der Waals surface area contributed by atoms with Crippen LogP contribution in [-0.2, 0) is 31.2 Å². The molecule has 0 amide bonds. The average Bonchev–Trinajstić information content (AvgIpc) is 3.70. The molecule has 9 heteroatoms. The van der Waals surface area contributed by atoms with Gasteiger partial charge in [0.1, 0.15) is 0 Å². The van der Waals surface area contributed by atoms with Crippen molar-refractivity contribution in [2.45, 2.75) is 21.9 Å². The van der Waals surface area contributed by atoms with Gasteiger partial charge in [0.15, 0.2) is 0 Å². The highest BCUT2D eigenvalue weighted by molar-refractivity contribution is 7.92. The van der Waals surface area contributed by atoms with Crippen LogP contribution < -0.4 is 0 Å². The van der Waals surface area contributed by atoms with Crippen LogP contribution in [0.25, 0.3) is 0 Å². The Morgan fingerprint density at radius 1 is 0.667 bits per heavy atom. The molecule has 0 radical (unpaired) electrons. The predicted octanol–water partition coefficient (Wildman–Crippen LogP) is 4.69. The molecule has 0 spiro atoms. The van der Waals surface area contributed by atoms with Crippen LogP contribution in [0, 0.1) is 0 Å². The number of rotatable bonds is 7. The second-order valence-electron chi connectivity index (χ2n) is 7.76. The fourth-order valence-electron chi connectivity index (χ4n) is 3.22. The number of hydrogen-bond donors (Lipinski definition) is 0. The summed E-state index contributed by atoms with van der Waals surface area (Å²) in [6.07, 6.45) is 1.35. The molecular weight excluding hydrogens is 496 g/mol. The number of hydroxylamine groups is 2. The third kappa shape index (κ3) is 6.73. The molecule has 184 valence electrons. The van der Waals surface area contributed by atoms with E-state index < -0.39 is 25.4 Å². The van der Waals surface area contributed by atoms with Crippen molar-refractivity contribution in [3.8, 4) is 0 Å². The summed E-state index contributed by atoms with van der Waals surface area (Å²) in [6.45, 7) is 0.470. The fraction of sp³-hybridized carbons (Fsp3) is 0.0741. The lowest BCUT2D eigenvalue weighted by atomic mass is 10.2. The van der Waals surface area contributed by atoms with E-state index in [0.29, 0.717) is 6.54 Å². The van der Waals surface area contributed by atoms with E-state index in [4.69, 9.17) is 4.84 Å². The van der Waals surface area contributed by atoms with Crippen LogP contribution in [0.3, 0.4) is 0 Å². The first-order valence-corrected chi connectivity index (χ1v) is 14.0. The molecule has 0 aromatic heterocycles. The number of benzene rings is 4. The molecule has 1 fully saturated rings. The molecule has 4 aromatic rings. The van der Waals surface area contributed by atoms with E-state index in [1.807, 2.05) is 48.5 Å². The van der Waals surface area contributed by atoms with Crippen LogP contribution in [0.4, 0.5) is 0 Å². The highest BCUT2D eigenvalue weighted by Gasteiger charge is 2.48. The van der Waals surface area contributed by atoms with Gasteiger partial charge in [0.2, 0.25) is 9.84 Å². The predicted molar refractivity (Wildman–Crippen MR) is 138 cm³/mol. The summed E-state index contributed by atoms with van der Waals surface area (Å²) < 4.78 is 51.7. The third-order valence-corrected chi connectivity index (χ3v) is 8.15. The van der Waals surface area contributed by atoms with Crippen molar-refractivity contribution >= 4 is 26.1 Å². The maximum Gasteiger partial charge on any atom is 0.282 e. The van der Waals surface area contributed by atoms with Gasteiger partial charge < -0.3 is 0 Å². The first-order valence-electron chi connectivity index (χ1n) is 11.0. The zero-order valence-corrected chi connectivity index (χ0v) is 20.8. The van der Waals surface area contributed by atoms with Crippen LogP contribution >= 0.6 is 0 Å². The van der Waals surface area contributed by atoms with E-state index in [-0.39, 0.29) is 9.79 Å². The van der Waals surface area contributed by atoms with Crippen molar-refractivity contribution in [2.24, 2.45) is 4.40 Å². The van der Waals surface area contributed by atoms with E-state index in [0.717, 1.165) is 11.1 Å². The van der Waals surface area contributed by atoms with E-state index >= 15 is 0 Å². The van der Waals surface area contributed by atoms with Gasteiger partial charge in [0, 0.05) is 6.21 Å². The van der Waals surface area contributed by atoms with Gasteiger partial charge in [-0.1, -0.05) is 97.1 Å². The Labute approximate surface area is 211 Å². The standard InChI is InChI=1S/C14H13NO3S.C13H11NO2S/c16-19(17,13-9-5-2-6-10-13)14-15(18-14)11-12-7-3-1-4-8-12;15-17(16,13-9-5-2-6-10-13)14-11-12-7-3-1-4-8-12/h1-10,14H,11H2;1-11H. The second kappa shape index (κ2) is 11.4. The third-order valence-electron chi connectivity index (χ3n) is 5.11. The minimum atomic E-state index is -3.59. The summed E-state index contributed by atoms with van der Waals surface area (Å²) in [6, 6.07) is 35.3. The van der Waals surface area contributed by atoms with E-state index in [2.05, 4.69) is 4.40 Å². The lowest BCUT2D eigenvalue weighted by Gasteiger charge is -2.01. The van der Waals surface area contributed by atoms with Gasteiger partial charge in [-0.25, -0.2) is 8.42 Å². The summed E-state index contributed by atoms with van der Waals surface area (Å²) in [5.74, 6) is 0. The Bertz CT molecular complexity index is 1500. The number of nitrogens with zero attached hydrogens (tertiary/aromatic N) is 2.